The number of fused-ring (bicyclic) bond motifs is 1. The fourth-order valence-electron chi connectivity index (χ4n) is 9.27. The Hall–Kier alpha value is -5.65. The van der Waals surface area contributed by atoms with Crippen molar-refractivity contribution in [1.29, 1.82) is 0 Å². The van der Waals surface area contributed by atoms with E-state index >= 15 is 0 Å². The Bertz CT molecular complexity index is 2160. The zero-order valence-corrected chi connectivity index (χ0v) is 26.6. The SMILES string of the molecule is [C-]#[N+]c1ccc(-c2nc(-c3ccc([N+]#[C-])cc3)nc(-c3cc(-c4ccc(C56CC7CC(CC(C7)C5)C6)cc4)cc4ccccc34)n2)cc1. The van der Waals surface area contributed by atoms with Gasteiger partial charge in [-0.3, -0.25) is 0 Å². The van der Waals surface area contributed by atoms with Crippen molar-refractivity contribution in [1.82, 2.24) is 15.0 Å². The molecule has 4 bridgehead atoms. The highest BCUT2D eigenvalue weighted by Gasteiger charge is 2.51. The summed E-state index contributed by atoms with van der Waals surface area (Å²) in [4.78, 5) is 22.1. The zero-order valence-electron chi connectivity index (χ0n) is 26.6. The van der Waals surface area contributed by atoms with E-state index in [-0.39, 0.29) is 0 Å². The summed E-state index contributed by atoms with van der Waals surface area (Å²) in [5.74, 6) is 4.42. The van der Waals surface area contributed by atoms with Crippen molar-refractivity contribution in [2.75, 3.05) is 0 Å². The summed E-state index contributed by atoms with van der Waals surface area (Å²) in [6.45, 7) is 14.8. The van der Waals surface area contributed by atoms with Gasteiger partial charge in [0.2, 0.25) is 0 Å². The number of rotatable bonds is 5. The molecule has 48 heavy (non-hydrogen) atoms. The zero-order chi connectivity index (χ0) is 32.2. The maximum atomic E-state index is 7.38. The third-order valence-corrected chi connectivity index (χ3v) is 11.1. The van der Waals surface area contributed by atoms with Gasteiger partial charge in [0.1, 0.15) is 0 Å². The summed E-state index contributed by atoms with van der Waals surface area (Å²) in [7, 11) is 0. The van der Waals surface area contributed by atoms with E-state index in [4.69, 9.17) is 28.1 Å². The van der Waals surface area contributed by atoms with Gasteiger partial charge in [-0.2, -0.15) is 0 Å². The highest BCUT2D eigenvalue weighted by Crippen LogP contribution is 2.60. The fraction of sp³-hybridized carbons (Fsp3) is 0.233. The molecule has 230 valence electrons. The first-order valence-electron chi connectivity index (χ1n) is 16.9. The Morgan fingerprint density at radius 3 is 1.56 bits per heavy atom. The molecule has 4 aliphatic carbocycles. The average molecular weight is 620 g/mol. The highest BCUT2D eigenvalue weighted by molar-refractivity contribution is 5.99. The van der Waals surface area contributed by atoms with Crippen LogP contribution >= 0.6 is 0 Å². The quantitative estimate of drug-likeness (QED) is 0.180. The monoisotopic (exact) mass is 619 g/mol. The lowest BCUT2D eigenvalue weighted by molar-refractivity contribution is -0.00518. The Labute approximate surface area is 281 Å². The van der Waals surface area contributed by atoms with Crippen LogP contribution in [0.2, 0.25) is 0 Å². The molecule has 0 aliphatic heterocycles. The molecule has 0 radical (unpaired) electrons. The van der Waals surface area contributed by atoms with E-state index in [1.165, 1.54) is 49.7 Å². The second kappa shape index (κ2) is 11.3. The fourth-order valence-corrected chi connectivity index (χ4v) is 9.27. The number of benzene rings is 5. The van der Waals surface area contributed by atoms with Crippen molar-refractivity contribution in [2.24, 2.45) is 17.8 Å². The molecule has 0 amide bonds. The van der Waals surface area contributed by atoms with Gasteiger partial charge in [0, 0.05) is 16.7 Å². The largest absolute Gasteiger partial charge is 0.238 e. The highest BCUT2D eigenvalue weighted by atomic mass is 15.0. The van der Waals surface area contributed by atoms with Gasteiger partial charge in [-0.05, 0) is 101 Å². The van der Waals surface area contributed by atoms with Crippen LogP contribution in [-0.4, -0.2) is 15.0 Å². The summed E-state index contributed by atoms with van der Waals surface area (Å²) in [6.07, 6.45) is 8.46. The molecule has 0 N–H and O–H groups in total. The molecule has 0 spiro atoms. The van der Waals surface area contributed by atoms with Crippen LogP contribution in [0, 0.1) is 30.9 Å². The summed E-state index contributed by atoms with van der Waals surface area (Å²) in [5, 5.41) is 2.20. The average Bonchev–Trinajstić information content (AvgIpc) is 3.14. The first-order valence-corrected chi connectivity index (χ1v) is 16.9. The Morgan fingerprint density at radius 2 is 1.02 bits per heavy atom. The lowest BCUT2D eigenvalue weighted by Gasteiger charge is -2.57. The maximum Gasteiger partial charge on any atom is 0.187 e. The molecule has 5 heteroatoms. The molecule has 4 fully saturated rings. The van der Waals surface area contributed by atoms with Crippen molar-refractivity contribution in [3.05, 3.63) is 138 Å². The molecule has 5 nitrogen and oxygen atoms in total. The van der Waals surface area contributed by atoms with Crippen LogP contribution in [0.5, 0.6) is 0 Å². The predicted molar refractivity (Wildman–Crippen MR) is 191 cm³/mol. The molecule has 4 saturated carbocycles. The molecule has 0 saturated heterocycles. The van der Waals surface area contributed by atoms with E-state index in [0.717, 1.165) is 50.8 Å². The second-order valence-electron chi connectivity index (χ2n) is 14.1. The number of hydrogen-bond donors (Lipinski definition) is 0. The molecule has 1 heterocycles. The maximum absolute atomic E-state index is 7.38. The minimum atomic E-state index is 0.374. The van der Waals surface area contributed by atoms with Crippen molar-refractivity contribution < 1.29 is 0 Å². The first-order chi connectivity index (χ1) is 23.6. The Kier molecular flexibility index (Phi) is 6.70. The van der Waals surface area contributed by atoms with Crippen LogP contribution < -0.4 is 0 Å². The molecular weight excluding hydrogens is 587 g/mol. The molecule has 6 aromatic rings. The number of nitrogens with zero attached hydrogens (tertiary/aromatic N) is 5. The van der Waals surface area contributed by atoms with Crippen LogP contribution in [0.25, 0.3) is 65.8 Å². The van der Waals surface area contributed by atoms with Crippen molar-refractivity contribution in [2.45, 2.75) is 43.9 Å². The van der Waals surface area contributed by atoms with Crippen molar-refractivity contribution >= 4 is 22.1 Å². The van der Waals surface area contributed by atoms with Crippen molar-refractivity contribution in [3.63, 3.8) is 0 Å². The van der Waals surface area contributed by atoms with Gasteiger partial charge in [0.25, 0.3) is 0 Å². The summed E-state index contributed by atoms with van der Waals surface area (Å²) in [5.41, 5.74) is 7.92. The lowest BCUT2D eigenvalue weighted by atomic mass is 9.48. The van der Waals surface area contributed by atoms with Crippen LogP contribution in [-0.2, 0) is 5.41 Å². The van der Waals surface area contributed by atoms with Gasteiger partial charge < -0.3 is 0 Å². The first kappa shape index (κ1) is 28.6. The smallest absolute Gasteiger partial charge is 0.187 e. The van der Waals surface area contributed by atoms with Crippen LogP contribution in [0.1, 0.15) is 44.1 Å². The van der Waals surface area contributed by atoms with E-state index in [9.17, 15) is 0 Å². The molecule has 10 rings (SSSR count). The van der Waals surface area contributed by atoms with Crippen LogP contribution in [0.3, 0.4) is 0 Å². The van der Waals surface area contributed by atoms with Gasteiger partial charge in [-0.15, -0.1) is 0 Å². The van der Waals surface area contributed by atoms with E-state index in [1.807, 2.05) is 24.3 Å². The van der Waals surface area contributed by atoms with Gasteiger partial charge in [-0.25, -0.2) is 24.6 Å². The third kappa shape index (κ3) is 4.95. The third-order valence-electron chi connectivity index (χ3n) is 11.1. The van der Waals surface area contributed by atoms with Gasteiger partial charge in [0.05, 0.1) is 13.1 Å². The minimum absolute atomic E-state index is 0.374. The molecule has 0 atom stereocenters. The van der Waals surface area contributed by atoms with Gasteiger partial charge in [-0.1, -0.05) is 97.1 Å². The molecule has 1 aromatic heterocycles. The normalized spacial score (nSPS) is 22.3. The standard InChI is InChI=1S/C43H33N5/c1-44-36-15-9-31(10-16-36)40-46-41(32-11-17-37(45-2)18-12-32)48-42(47-40)39-23-34(22-33-5-3-4-6-38(33)39)30-7-13-35(14-8-30)43-24-27-19-28(25-43)21-29(20-27)26-43/h3-18,22-23,27-29H,19-21,24-26H2. The summed E-state index contributed by atoms with van der Waals surface area (Å²) >= 11 is 0. The van der Waals surface area contributed by atoms with E-state index in [0.29, 0.717) is 34.3 Å². The van der Waals surface area contributed by atoms with E-state index in [1.54, 1.807) is 24.3 Å². The second-order valence-corrected chi connectivity index (χ2v) is 14.1. The summed E-state index contributed by atoms with van der Waals surface area (Å²) < 4.78 is 0. The minimum Gasteiger partial charge on any atom is -0.238 e. The molecule has 0 unspecified atom stereocenters. The Morgan fingerprint density at radius 1 is 0.521 bits per heavy atom. The molecule has 4 aliphatic rings. The molecular formula is C43H33N5. The topological polar surface area (TPSA) is 47.4 Å². The van der Waals surface area contributed by atoms with Crippen LogP contribution in [0.15, 0.2) is 109 Å². The van der Waals surface area contributed by atoms with Crippen LogP contribution in [0.4, 0.5) is 11.4 Å². The van der Waals surface area contributed by atoms with E-state index < -0.39 is 0 Å². The van der Waals surface area contributed by atoms with Crippen molar-refractivity contribution in [3.8, 4) is 45.3 Å². The number of hydrogen-bond acceptors (Lipinski definition) is 3. The van der Waals surface area contributed by atoms with E-state index in [2.05, 4.69) is 70.4 Å². The lowest BCUT2D eigenvalue weighted by Crippen LogP contribution is -2.48. The van der Waals surface area contributed by atoms with Gasteiger partial charge in [0.15, 0.2) is 28.8 Å². The summed E-state index contributed by atoms with van der Waals surface area (Å²) in [6, 6.07) is 37.1. The Balaban J connectivity index is 1.16. The number of aromatic nitrogens is 3. The molecule has 5 aromatic carbocycles. The predicted octanol–water partition coefficient (Wildman–Crippen LogP) is 11.3. The van der Waals surface area contributed by atoms with Gasteiger partial charge >= 0.3 is 0 Å².